The summed E-state index contributed by atoms with van der Waals surface area (Å²) in [6, 6.07) is 1.57. The third-order valence-corrected chi connectivity index (χ3v) is 6.10. The smallest absolute Gasteiger partial charge is 0.261 e. The van der Waals surface area contributed by atoms with Crippen molar-refractivity contribution in [3.63, 3.8) is 0 Å². The van der Waals surface area contributed by atoms with E-state index < -0.39 is 15.9 Å². The SMILES string of the molecule is O=C(N[C@@H]1C=CS(=O)(=O)C1)c1cc2c(s1)CCCC2. The largest absolute Gasteiger partial charge is 0.344 e. The van der Waals surface area contributed by atoms with Crippen LogP contribution < -0.4 is 5.32 Å². The van der Waals surface area contributed by atoms with Gasteiger partial charge in [-0.3, -0.25) is 4.79 Å². The number of sulfone groups is 1. The number of fused-ring (bicyclic) bond motifs is 1. The summed E-state index contributed by atoms with van der Waals surface area (Å²) in [5.74, 6) is -0.185. The zero-order valence-electron chi connectivity index (χ0n) is 10.4. The summed E-state index contributed by atoms with van der Waals surface area (Å²) in [5.41, 5.74) is 1.29. The molecule has 19 heavy (non-hydrogen) atoms. The van der Waals surface area contributed by atoms with Gasteiger partial charge in [0.1, 0.15) is 0 Å². The summed E-state index contributed by atoms with van der Waals surface area (Å²) in [6.45, 7) is 0. The molecule has 1 aliphatic heterocycles. The maximum absolute atomic E-state index is 12.1. The molecular formula is C13H15NO3S2. The normalized spacial score (nSPS) is 24.1. The van der Waals surface area contributed by atoms with Gasteiger partial charge in [0, 0.05) is 10.3 Å². The molecule has 0 fully saturated rings. The van der Waals surface area contributed by atoms with E-state index in [1.807, 2.05) is 6.07 Å². The second-order valence-corrected chi connectivity index (χ2v) is 8.07. The first-order valence-electron chi connectivity index (χ1n) is 6.37. The third-order valence-electron chi connectivity index (χ3n) is 3.47. The Bertz CT molecular complexity index is 619. The van der Waals surface area contributed by atoms with Gasteiger partial charge in [-0.25, -0.2) is 8.42 Å². The highest BCUT2D eigenvalue weighted by Gasteiger charge is 2.24. The Morgan fingerprint density at radius 1 is 1.32 bits per heavy atom. The minimum absolute atomic E-state index is 0.0240. The van der Waals surface area contributed by atoms with Crippen LogP contribution in [0.15, 0.2) is 17.6 Å². The van der Waals surface area contributed by atoms with Crippen LogP contribution in [0.3, 0.4) is 0 Å². The van der Waals surface area contributed by atoms with Gasteiger partial charge in [-0.15, -0.1) is 11.3 Å². The van der Waals surface area contributed by atoms with Crippen molar-refractivity contribution in [2.75, 3.05) is 5.75 Å². The van der Waals surface area contributed by atoms with E-state index in [4.69, 9.17) is 0 Å². The molecule has 1 atom stereocenters. The molecule has 3 rings (SSSR count). The van der Waals surface area contributed by atoms with Gasteiger partial charge in [0.05, 0.1) is 16.7 Å². The minimum Gasteiger partial charge on any atom is -0.344 e. The number of rotatable bonds is 2. The molecular weight excluding hydrogens is 282 g/mol. The first kappa shape index (κ1) is 12.9. The van der Waals surface area contributed by atoms with Crippen LogP contribution in [-0.4, -0.2) is 26.1 Å². The Labute approximate surface area is 116 Å². The lowest BCUT2D eigenvalue weighted by molar-refractivity contribution is 0.0951. The van der Waals surface area contributed by atoms with Gasteiger partial charge in [-0.05, 0) is 43.4 Å². The van der Waals surface area contributed by atoms with E-state index in [0.29, 0.717) is 4.88 Å². The van der Waals surface area contributed by atoms with E-state index in [2.05, 4.69) is 5.32 Å². The lowest BCUT2D eigenvalue weighted by atomic mass is 9.99. The first-order valence-corrected chi connectivity index (χ1v) is 8.90. The summed E-state index contributed by atoms with van der Waals surface area (Å²) in [6.07, 6.45) is 6.04. The van der Waals surface area contributed by atoms with Crippen LogP contribution in [0.4, 0.5) is 0 Å². The molecule has 1 N–H and O–H groups in total. The maximum atomic E-state index is 12.1. The van der Waals surface area contributed by atoms with Gasteiger partial charge in [-0.2, -0.15) is 0 Å². The lowest BCUT2D eigenvalue weighted by Gasteiger charge is -2.08. The first-order chi connectivity index (χ1) is 9.03. The maximum Gasteiger partial charge on any atom is 0.261 e. The van der Waals surface area contributed by atoms with E-state index in [9.17, 15) is 13.2 Å². The number of hydrogen-bond acceptors (Lipinski definition) is 4. The summed E-state index contributed by atoms with van der Waals surface area (Å²) < 4.78 is 22.6. The second kappa shape index (κ2) is 4.76. The minimum atomic E-state index is -3.12. The van der Waals surface area contributed by atoms with Crippen LogP contribution in [0.25, 0.3) is 0 Å². The highest BCUT2D eigenvalue weighted by molar-refractivity contribution is 7.94. The van der Waals surface area contributed by atoms with E-state index >= 15 is 0 Å². The Balaban J connectivity index is 1.71. The quantitative estimate of drug-likeness (QED) is 0.903. The van der Waals surface area contributed by atoms with Gasteiger partial charge in [0.15, 0.2) is 9.84 Å². The fourth-order valence-corrected chi connectivity index (χ4v) is 4.90. The van der Waals surface area contributed by atoms with Gasteiger partial charge in [0.25, 0.3) is 5.91 Å². The summed E-state index contributed by atoms with van der Waals surface area (Å²) in [4.78, 5) is 14.1. The van der Waals surface area contributed by atoms with Crippen molar-refractivity contribution >= 4 is 27.1 Å². The van der Waals surface area contributed by atoms with Crippen molar-refractivity contribution in [2.24, 2.45) is 0 Å². The molecule has 102 valence electrons. The molecule has 0 unspecified atom stereocenters. The van der Waals surface area contributed by atoms with E-state index in [1.165, 1.54) is 28.7 Å². The van der Waals surface area contributed by atoms with Crippen molar-refractivity contribution in [1.82, 2.24) is 5.32 Å². The van der Waals surface area contributed by atoms with Crippen molar-refractivity contribution in [3.8, 4) is 0 Å². The highest BCUT2D eigenvalue weighted by Crippen LogP contribution is 2.29. The van der Waals surface area contributed by atoms with Crippen LogP contribution in [-0.2, 0) is 22.7 Å². The Kier molecular flexibility index (Phi) is 3.22. The van der Waals surface area contributed by atoms with Gasteiger partial charge in [-0.1, -0.05) is 0 Å². The monoisotopic (exact) mass is 297 g/mol. The molecule has 4 nitrogen and oxygen atoms in total. The molecule has 2 heterocycles. The predicted molar refractivity (Wildman–Crippen MR) is 75.1 cm³/mol. The van der Waals surface area contributed by atoms with Crippen molar-refractivity contribution in [1.29, 1.82) is 0 Å². The molecule has 0 saturated heterocycles. The second-order valence-electron chi connectivity index (χ2n) is 5.00. The molecule has 1 aromatic rings. The van der Waals surface area contributed by atoms with Crippen LogP contribution in [0.1, 0.15) is 33.0 Å². The zero-order chi connectivity index (χ0) is 13.5. The molecule has 2 aliphatic rings. The van der Waals surface area contributed by atoms with Gasteiger partial charge >= 0.3 is 0 Å². The molecule has 0 bridgehead atoms. The number of aryl methyl sites for hydroxylation is 2. The van der Waals surface area contributed by atoms with Crippen molar-refractivity contribution < 1.29 is 13.2 Å². The van der Waals surface area contributed by atoms with E-state index in [1.54, 1.807) is 17.4 Å². The van der Waals surface area contributed by atoms with Crippen molar-refractivity contribution in [2.45, 2.75) is 31.7 Å². The van der Waals surface area contributed by atoms with Gasteiger partial charge < -0.3 is 5.32 Å². The highest BCUT2D eigenvalue weighted by atomic mass is 32.2. The Morgan fingerprint density at radius 2 is 2.11 bits per heavy atom. The topological polar surface area (TPSA) is 63.2 Å². The molecule has 1 aromatic heterocycles. The Morgan fingerprint density at radius 3 is 2.79 bits per heavy atom. The molecule has 0 saturated carbocycles. The fraction of sp³-hybridized carbons (Fsp3) is 0.462. The summed E-state index contributed by atoms with van der Waals surface area (Å²) in [7, 11) is -3.12. The van der Waals surface area contributed by atoms with E-state index in [-0.39, 0.29) is 11.7 Å². The molecule has 0 spiro atoms. The average molecular weight is 297 g/mol. The van der Waals surface area contributed by atoms with Crippen LogP contribution in [0.2, 0.25) is 0 Å². The standard InChI is InChI=1S/C13H15NO3S2/c15-13(14-10-5-6-19(16,17)8-10)12-7-9-3-1-2-4-11(9)18-12/h5-7,10H,1-4,8H2,(H,14,15)/t10-/m1/s1. The number of hydrogen-bond donors (Lipinski definition) is 1. The number of carbonyl (C=O) groups is 1. The molecule has 0 aromatic carbocycles. The number of nitrogens with one attached hydrogen (secondary N) is 1. The lowest BCUT2D eigenvalue weighted by Crippen LogP contribution is -2.35. The zero-order valence-corrected chi connectivity index (χ0v) is 12.0. The number of thiophene rings is 1. The van der Waals surface area contributed by atoms with Crippen molar-refractivity contribution in [3.05, 3.63) is 32.9 Å². The van der Waals surface area contributed by atoms with Crippen LogP contribution in [0.5, 0.6) is 0 Å². The average Bonchev–Trinajstić information content (AvgIpc) is 2.92. The number of carbonyl (C=O) groups excluding carboxylic acids is 1. The number of amides is 1. The fourth-order valence-electron chi connectivity index (χ4n) is 2.51. The molecule has 1 aliphatic carbocycles. The summed E-state index contributed by atoms with van der Waals surface area (Å²) >= 11 is 1.54. The van der Waals surface area contributed by atoms with Crippen LogP contribution in [0, 0.1) is 0 Å². The predicted octanol–water partition coefficient (Wildman–Crippen LogP) is 1.67. The van der Waals surface area contributed by atoms with E-state index in [0.717, 1.165) is 12.8 Å². The molecule has 0 radical (unpaired) electrons. The molecule has 1 amide bonds. The van der Waals surface area contributed by atoms with Crippen LogP contribution >= 0.6 is 11.3 Å². The Hall–Kier alpha value is -1.14. The van der Waals surface area contributed by atoms with Gasteiger partial charge in [0.2, 0.25) is 0 Å². The molecule has 6 heteroatoms. The summed E-state index contributed by atoms with van der Waals surface area (Å²) in [5, 5.41) is 3.94. The third kappa shape index (κ3) is 2.74.